The molecule has 0 saturated carbocycles. The zero-order chi connectivity index (χ0) is 15.2. The lowest BCUT2D eigenvalue weighted by Crippen LogP contribution is -2.29. The van der Waals surface area contributed by atoms with Crippen molar-refractivity contribution in [2.24, 2.45) is 0 Å². The van der Waals surface area contributed by atoms with Crippen molar-refractivity contribution in [3.63, 3.8) is 0 Å². The van der Waals surface area contributed by atoms with Crippen LogP contribution in [0.4, 0.5) is 5.69 Å². The van der Waals surface area contributed by atoms with E-state index in [0.29, 0.717) is 6.54 Å². The third kappa shape index (κ3) is 4.41. The highest BCUT2D eigenvalue weighted by atomic mass is 35.5. The second-order valence-electron chi connectivity index (χ2n) is 4.95. The third-order valence-corrected chi connectivity index (χ3v) is 3.75. The fourth-order valence-electron chi connectivity index (χ4n) is 2.28. The number of hydrogen-bond donors (Lipinski definition) is 1. The molecular weight excluding hydrogens is 296 g/mol. The molecule has 0 spiro atoms. The van der Waals surface area contributed by atoms with Gasteiger partial charge in [0.15, 0.2) is 0 Å². The number of hydrogen-bond acceptors (Lipinski definition) is 4. The Hall–Kier alpha value is -1.66. The van der Waals surface area contributed by atoms with E-state index in [-0.39, 0.29) is 28.3 Å². The van der Waals surface area contributed by atoms with Crippen molar-refractivity contribution in [2.75, 3.05) is 13.2 Å². The van der Waals surface area contributed by atoms with Gasteiger partial charge in [-0.05, 0) is 31.7 Å². The molecule has 1 amide bonds. The number of halogens is 1. The predicted octanol–water partition coefficient (Wildman–Crippen LogP) is 2.94. The van der Waals surface area contributed by atoms with E-state index in [1.54, 1.807) is 0 Å². The zero-order valence-corrected chi connectivity index (χ0v) is 12.3. The minimum absolute atomic E-state index is 0.0793. The van der Waals surface area contributed by atoms with Gasteiger partial charge < -0.3 is 10.1 Å². The highest BCUT2D eigenvalue weighted by molar-refractivity contribution is 6.34. The molecule has 1 atom stereocenters. The molecule has 1 N–H and O–H groups in total. The van der Waals surface area contributed by atoms with Crippen molar-refractivity contribution in [1.29, 1.82) is 0 Å². The molecule has 1 saturated heterocycles. The van der Waals surface area contributed by atoms with Crippen LogP contribution in [0.15, 0.2) is 18.2 Å². The van der Waals surface area contributed by atoms with Gasteiger partial charge in [0.1, 0.15) is 0 Å². The van der Waals surface area contributed by atoms with E-state index in [2.05, 4.69) is 5.32 Å². The molecule has 114 valence electrons. The highest BCUT2D eigenvalue weighted by Gasteiger charge is 2.16. The van der Waals surface area contributed by atoms with Crippen molar-refractivity contribution in [2.45, 2.75) is 31.8 Å². The number of nitrogens with zero attached hydrogens (tertiary/aromatic N) is 1. The van der Waals surface area contributed by atoms with Gasteiger partial charge in [-0.1, -0.05) is 11.6 Å². The number of carbonyl (C=O) groups excluding carboxylic acids is 1. The Balaban J connectivity index is 1.86. The number of benzene rings is 1. The van der Waals surface area contributed by atoms with Gasteiger partial charge in [-0.3, -0.25) is 14.9 Å². The summed E-state index contributed by atoms with van der Waals surface area (Å²) in [4.78, 5) is 22.0. The Bertz CT molecular complexity index is 530. The normalized spacial score (nSPS) is 18.2. The highest BCUT2D eigenvalue weighted by Crippen LogP contribution is 2.22. The minimum Gasteiger partial charge on any atom is -0.378 e. The Kier molecular flexibility index (Phi) is 5.52. The van der Waals surface area contributed by atoms with E-state index >= 15 is 0 Å². The summed E-state index contributed by atoms with van der Waals surface area (Å²) >= 11 is 5.91. The smallest absolute Gasteiger partial charge is 0.270 e. The topological polar surface area (TPSA) is 81.5 Å². The van der Waals surface area contributed by atoms with Crippen LogP contribution in [0.3, 0.4) is 0 Å². The monoisotopic (exact) mass is 312 g/mol. The Morgan fingerprint density at radius 1 is 1.48 bits per heavy atom. The number of rotatable bonds is 5. The van der Waals surface area contributed by atoms with Gasteiger partial charge in [-0.2, -0.15) is 0 Å². The molecule has 0 bridgehead atoms. The molecule has 1 aliphatic heterocycles. The third-order valence-electron chi connectivity index (χ3n) is 3.43. The standard InChI is InChI=1S/C14H17ClN2O4/c15-13-9-10(17(19)20)4-5-12(13)14(18)16-7-6-11-3-1-2-8-21-11/h4-5,9,11H,1-3,6-8H2,(H,16,18). The number of carbonyl (C=O) groups is 1. The van der Waals surface area contributed by atoms with Crippen LogP contribution in [-0.2, 0) is 4.74 Å². The first-order chi connectivity index (χ1) is 10.1. The molecule has 1 aromatic carbocycles. The lowest BCUT2D eigenvalue weighted by Gasteiger charge is -2.22. The zero-order valence-electron chi connectivity index (χ0n) is 11.5. The average Bonchev–Trinajstić information content (AvgIpc) is 2.48. The Morgan fingerprint density at radius 2 is 2.29 bits per heavy atom. The number of non-ortho nitro benzene ring substituents is 1. The van der Waals surface area contributed by atoms with Crippen LogP contribution in [0.5, 0.6) is 0 Å². The molecule has 2 rings (SSSR count). The molecule has 1 aliphatic rings. The van der Waals surface area contributed by atoms with Gasteiger partial charge >= 0.3 is 0 Å². The number of nitrogens with one attached hydrogen (secondary N) is 1. The van der Waals surface area contributed by atoms with Crippen LogP contribution in [-0.4, -0.2) is 30.1 Å². The first-order valence-corrected chi connectivity index (χ1v) is 7.29. The van der Waals surface area contributed by atoms with Gasteiger partial charge in [0.2, 0.25) is 0 Å². The fraction of sp³-hybridized carbons (Fsp3) is 0.500. The van der Waals surface area contributed by atoms with E-state index in [1.807, 2.05) is 0 Å². The van der Waals surface area contributed by atoms with Gasteiger partial charge in [-0.25, -0.2) is 0 Å². The second kappa shape index (κ2) is 7.38. The number of nitro groups is 1. The summed E-state index contributed by atoms with van der Waals surface area (Å²) in [7, 11) is 0. The van der Waals surface area contributed by atoms with Crippen LogP contribution < -0.4 is 5.32 Å². The summed E-state index contributed by atoms with van der Waals surface area (Å²) in [6.07, 6.45) is 4.24. The summed E-state index contributed by atoms with van der Waals surface area (Å²) < 4.78 is 5.58. The summed E-state index contributed by atoms with van der Waals surface area (Å²) in [5, 5.41) is 13.5. The van der Waals surface area contributed by atoms with Crippen LogP contribution in [0.25, 0.3) is 0 Å². The molecule has 6 nitrogen and oxygen atoms in total. The number of ether oxygens (including phenoxy) is 1. The maximum absolute atomic E-state index is 12.0. The van der Waals surface area contributed by atoms with Crippen molar-refractivity contribution >= 4 is 23.2 Å². The van der Waals surface area contributed by atoms with Crippen molar-refractivity contribution in [3.05, 3.63) is 38.9 Å². The van der Waals surface area contributed by atoms with Crippen molar-refractivity contribution < 1.29 is 14.5 Å². The molecule has 0 aliphatic carbocycles. The van der Waals surface area contributed by atoms with Gasteiger partial charge in [0.25, 0.3) is 11.6 Å². The van der Waals surface area contributed by atoms with Gasteiger partial charge in [0, 0.05) is 25.3 Å². The molecule has 0 radical (unpaired) electrons. The largest absolute Gasteiger partial charge is 0.378 e. The second-order valence-corrected chi connectivity index (χ2v) is 5.36. The fourth-order valence-corrected chi connectivity index (χ4v) is 2.54. The lowest BCUT2D eigenvalue weighted by molar-refractivity contribution is -0.384. The van der Waals surface area contributed by atoms with Crippen molar-refractivity contribution in [1.82, 2.24) is 5.32 Å². The first-order valence-electron chi connectivity index (χ1n) is 6.91. The molecule has 1 unspecified atom stereocenters. The maximum Gasteiger partial charge on any atom is 0.270 e. The Morgan fingerprint density at radius 3 is 2.90 bits per heavy atom. The van der Waals surface area contributed by atoms with Crippen LogP contribution in [0, 0.1) is 10.1 Å². The lowest BCUT2D eigenvalue weighted by atomic mass is 10.1. The molecule has 1 heterocycles. The van der Waals surface area contributed by atoms with E-state index < -0.39 is 4.92 Å². The predicted molar refractivity (Wildman–Crippen MR) is 78.6 cm³/mol. The van der Waals surface area contributed by atoms with E-state index in [4.69, 9.17) is 16.3 Å². The van der Waals surface area contributed by atoms with Crippen molar-refractivity contribution in [3.8, 4) is 0 Å². The van der Waals surface area contributed by atoms with E-state index in [0.717, 1.165) is 32.3 Å². The van der Waals surface area contributed by atoms with Crippen LogP contribution in [0.1, 0.15) is 36.0 Å². The molecule has 21 heavy (non-hydrogen) atoms. The molecule has 1 aromatic rings. The number of amides is 1. The summed E-state index contributed by atoms with van der Waals surface area (Å²) in [5.41, 5.74) is 0.110. The maximum atomic E-state index is 12.0. The summed E-state index contributed by atoms with van der Waals surface area (Å²) in [5.74, 6) is -0.328. The SMILES string of the molecule is O=C(NCCC1CCCCO1)c1ccc([N+](=O)[O-])cc1Cl. The average molecular weight is 313 g/mol. The Labute approximate surface area is 127 Å². The number of nitro benzene ring substituents is 1. The van der Waals surface area contributed by atoms with Gasteiger partial charge in [-0.15, -0.1) is 0 Å². The molecular formula is C14H17ClN2O4. The van der Waals surface area contributed by atoms with Gasteiger partial charge in [0.05, 0.1) is 21.6 Å². The summed E-state index contributed by atoms with van der Waals surface area (Å²) in [6, 6.07) is 3.82. The molecule has 0 aromatic heterocycles. The molecule has 7 heteroatoms. The van der Waals surface area contributed by atoms with Crippen LogP contribution >= 0.6 is 11.6 Å². The van der Waals surface area contributed by atoms with Crippen LogP contribution in [0.2, 0.25) is 5.02 Å². The van der Waals surface area contributed by atoms with E-state index in [9.17, 15) is 14.9 Å². The first kappa shape index (κ1) is 15.7. The quantitative estimate of drug-likeness (QED) is 0.669. The minimum atomic E-state index is -0.548. The molecule has 1 fully saturated rings. The summed E-state index contributed by atoms with van der Waals surface area (Å²) in [6.45, 7) is 1.28. The van der Waals surface area contributed by atoms with E-state index in [1.165, 1.54) is 18.2 Å².